The number of halogens is 3. The first-order valence-corrected chi connectivity index (χ1v) is 21.3. The van der Waals surface area contributed by atoms with Crippen LogP contribution in [0.3, 0.4) is 0 Å². The van der Waals surface area contributed by atoms with Gasteiger partial charge in [-0.3, -0.25) is 0 Å². The maximum atomic E-state index is 14.8. The highest BCUT2D eigenvalue weighted by Crippen LogP contribution is 2.41. The van der Waals surface area contributed by atoms with Crippen molar-refractivity contribution in [1.82, 2.24) is 0 Å². The Morgan fingerprint density at radius 1 is 0.613 bits per heavy atom. The van der Waals surface area contributed by atoms with Gasteiger partial charge in [-0.25, -0.2) is 8.78 Å². The van der Waals surface area contributed by atoms with E-state index in [-0.39, 0.29) is 50.3 Å². The molecule has 0 bridgehead atoms. The minimum atomic E-state index is -0.735. The van der Waals surface area contributed by atoms with Crippen molar-refractivity contribution < 1.29 is 37.9 Å². The topological polar surface area (TPSA) is 77.4 Å². The van der Waals surface area contributed by atoms with Gasteiger partial charge < -0.3 is 29.2 Å². The van der Waals surface area contributed by atoms with Crippen LogP contribution in [0, 0.1) is 11.6 Å². The van der Waals surface area contributed by atoms with Gasteiger partial charge in [0.2, 0.25) is 0 Å². The summed E-state index contributed by atoms with van der Waals surface area (Å²) in [5.41, 5.74) is 6.31. The van der Waals surface area contributed by atoms with Crippen LogP contribution in [0.2, 0.25) is 5.02 Å². The van der Waals surface area contributed by atoms with Gasteiger partial charge in [0.15, 0.2) is 17.4 Å². The molecule has 0 radical (unpaired) electrons. The van der Waals surface area contributed by atoms with Crippen molar-refractivity contribution >= 4 is 22.4 Å². The maximum Gasteiger partial charge on any atom is 0.190 e. The molecule has 8 rings (SSSR count). The lowest BCUT2D eigenvalue weighted by Crippen LogP contribution is -2.35. The fraction of sp³-hybridized carbons (Fsp3) is 0.245. The van der Waals surface area contributed by atoms with E-state index in [2.05, 4.69) is 12.1 Å². The molecule has 3 atom stereocenters. The SMILES string of the molecule is CCOc1c(F)cc(Cc2cc(C3CC(OCc4ccccc4)CC(COCc4ccccc4)O3)c3ccccc3c2Cl)cc1F.OCc1ccccc1.OCc1ccccc1. The second-order valence-corrected chi connectivity index (χ2v) is 15.3. The lowest BCUT2D eigenvalue weighted by Gasteiger charge is -2.36. The zero-order valence-corrected chi connectivity index (χ0v) is 35.6. The van der Waals surface area contributed by atoms with E-state index in [0.717, 1.165) is 44.2 Å². The van der Waals surface area contributed by atoms with E-state index in [4.69, 9.17) is 40.8 Å². The summed E-state index contributed by atoms with van der Waals surface area (Å²) < 4.78 is 54.1. The number of aliphatic hydroxyl groups is 2. The summed E-state index contributed by atoms with van der Waals surface area (Å²) >= 11 is 6.97. The minimum Gasteiger partial charge on any atom is -0.488 e. The molecule has 322 valence electrons. The Kier molecular flexibility index (Phi) is 18.0. The molecule has 1 aliphatic heterocycles. The normalized spacial score (nSPS) is 15.8. The molecule has 7 aromatic rings. The van der Waals surface area contributed by atoms with E-state index in [1.165, 1.54) is 12.1 Å². The molecule has 2 N–H and O–H groups in total. The predicted octanol–water partition coefficient (Wildman–Crippen LogP) is 12.1. The van der Waals surface area contributed by atoms with E-state index in [1.807, 2.05) is 140 Å². The molecule has 0 aliphatic carbocycles. The molecule has 0 aromatic heterocycles. The molecule has 1 aliphatic rings. The third kappa shape index (κ3) is 13.5. The van der Waals surface area contributed by atoms with Crippen LogP contribution in [0.4, 0.5) is 8.78 Å². The second kappa shape index (κ2) is 24.3. The average Bonchev–Trinajstić information content (AvgIpc) is 3.32. The first-order valence-electron chi connectivity index (χ1n) is 20.9. The summed E-state index contributed by atoms with van der Waals surface area (Å²) in [6, 6.07) is 51.8. The summed E-state index contributed by atoms with van der Waals surface area (Å²) in [6.07, 6.45) is 0.989. The lowest BCUT2D eigenvalue weighted by molar-refractivity contribution is -0.141. The highest BCUT2D eigenvalue weighted by atomic mass is 35.5. The standard InChI is InChI=1S/C39H37ClF2O4.2C7H8O/c1-2-44-39-35(41)18-28(19-36(39)42)17-29-20-34(32-15-9-10-16-33(32)38(29)40)37-22-30(45-24-27-13-7-4-8-14-27)21-31(46-37)25-43-23-26-11-5-3-6-12-26;2*8-6-7-4-2-1-3-5-7/h3-16,18-20,30-31,37H,2,17,21-25H2,1H3;2*1-5,8H,6H2. The van der Waals surface area contributed by atoms with Crippen LogP contribution < -0.4 is 4.74 Å². The number of fused-ring (bicyclic) bond motifs is 1. The van der Waals surface area contributed by atoms with Gasteiger partial charge in [-0.05, 0) is 69.8 Å². The van der Waals surface area contributed by atoms with E-state index in [1.54, 1.807) is 6.92 Å². The number of benzene rings is 7. The Morgan fingerprint density at radius 2 is 1.11 bits per heavy atom. The van der Waals surface area contributed by atoms with Crippen molar-refractivity contribution in [1.29, 1.82) is 0 Å². The second-order valence-electron chi connectivity index (χ2n) is 14.9. The fourth-order valence-corrected chi connectivity index (χ4v) is 7.58. The molecule has 7 aromatic carbocycles. The Balaban J connectivity index is 0.000000333. The number of aliphatic hydroxyl groups excluding tert-OH is 2. The fourth-order valence-electron chi connectivity index (χ4n) is 7.29. The van der Waals surface area contributed by atoms with Crippen LogP contribution in [0.1, 0.15) is 64.8 Å². The number of rotatable bonds is 14. The van der Waals surface area contributed by atoms with E-state index in [0.29, 0.717) is 43.2 Å². The van der Waals surface area contributed by atoms with Crippen LogP contribution in [-0.4, -0.2) is 35.6 Å². The van der Waals surface area contributed by atoms with Gasteiger partial charge in [0.25, 0.3) is 0 Å². The van der Waals surface area contributed by atoms with Gasteiger partial charge in [-0.15, -0.1) is 0 Å². The Morgan fingerprint density at radius 3 is 1.63 bits per heavy atom. The first kappa shape index (κ1) is 46.1. The van der Waals surface area contributed by atoms with Crippen LogP contribution >= 0.6 is 11.6 Å². The molecule has 1 heterocycles. The van der Waals surface area contributed by atoms with Crippen molar-refractivity contribution in [2.45, 2.75) is 70.9 Å². The monoisotopic (exact) mass is 858 g/mol. The summed E-state index contributed by atoms with van der Waals surface area (Å²) in [5.74, 6) is -1.84. The molecule has 0 amide bonds. The average molecular weight is 859 g/mol. The zero-order valence-electron chi connectivity index (χ0n) is 34.8. The number of hydrogen-bond donors (Lipinski definition) is 2. The molecule has 1 saturated heterocycles. The molecule has 3 unspecified atom stereocenters. The molecular formula is C53H53ClF2O6. The first-order chi connectivity index (χ1) is 30.3. The smallest absolute Gasteiger partial charge is 0.190 e. The van der Waals surface area contributed by atoms with Crippen LogP contribution in [0.15, 0.2) is 164 Å². The predicted molar refractivity (Wildman–Crippen MR) is 242 cm³/mol. The highest BCUT2D eigenvalue weighted by Gasteiger charge is 2.33. The highest BCUT2D eigenvalue weighted by molar-refractivity contribution is 6.36. The van der Waals surface area contributed by atoms with Gasteiger partial charge in [-0.1, -0.05) is 163 Å². The molecule has 0 saturated carbocycles. The molecule has 9 heteroatoms. The number of ether oxygens (including phenoxy) is 4. The number of hydrogen-bond acceptors (Lipinski definition) is 6. The summed E-state index contributed by atoms with van der Waals surface area (Å²) in [6.45, 7) is 3.54. The van der Waals surface area contributed by atoms with Gasteiger partial charge >= 0.3 is 0 Å². The molecule has 0 spiro atoms. The van der Waals surface area contributed by atoms with Crippen LogP contribution in [0.25, 0.3) is 10.8 Å². The summed E-state index contributed by atoms with van der Waals surface area (Å²) in [7, 11) is 0. The van der Waals surface area contributed by atoms with Gasteiger partial charge in [-0.2, -0.15) is 0 Å². The Bertz CT molecular complexity index is 2320. The van der Waals surface area contributed by atoms with Gasteiger partial charge in [0.05, 0.1) is 63.0 Å². The van der Waals surface area contributed by atoms with Crippen molar-refractivity contribution in [3.8, 4) is 5.75 Å². The van der Waals surface area contributed by atoms with E-state index >= 15 is 0 Å². The van der Waals surface area contributed by atoms with Crippen molar-refractivity contribution in [2.75, 3.05) is 13.2 Å². The quantitative estimate of drug-likeness (QED) is 0.113. The largest absolute Gasteiger partial charge is 0.488 e. The maximum absolute atomic E-state index is 14.8. The third-order valence-electron chi connectivity index (χ3n) is 10.3. The van der Waals surface area contributed by atoms with Crippen molar-refractivity contribution in [3.05, 3.63) is 219 Å². The van der Waals surface area contributed by atoms with E-state index < -0.39 is 11.6 Å². The lowest BCUT2D eigenvalue weighted by atomic mass is 9.89. The summed E-state index contributed by atoms with van der Waals surface area (Å²) in [5, 5.41) is 19.4. The van der Waals surface area contributed by atoms with Crippen LogP contribution in [-0.2, 0) is 47.1 Å². The molecular weight excluding hydrogens is 806 g/mol. The van der Waals surface area contributed by atoms with Gasteiger partial charge in [0, 0.05) is 18.2 Å². The molecule has 62 heavy (non-hydrogen) atoms. The molecule has 6 nitrogen and oxygen atoms in total. The molecule has 1 fully saturated rings. The Labute approximate surface area is 368 Å². The summed E-state index contributed by atoms with van der Waals surface area (Å²) in [4.78, 5) is 0. The van der Waals surface area contributed by atoms with Crippen molar-refractivity contribution in [2.24, 2.45) is 0 Å². The van der Waals surface area contributed by atoms with E-state index in [9.17, 15) is 8.78 Å². The Hall–Kier alpha value is -5.45. The van der Waals surface area contributed by atoms with Gasteiger partial charge in [0.1, 0.15) is 0 Å². The van der Waals surface area contributed by atoms with Crippen LogP contribution in [0.5, 0.6) is 5.75 Å². The third-order valence-corrected chi connectivity index (χ3v) is 10.8. The van der Waals surface area contributed by atoms with Crippen molar-refractivity contribution in [3.63, 3.8) is 0 Å². The zero-order chi connectivity index (χ0) is 43.5. The minimum absolute atomic E-state index is 0.0727.